The van der Waals surface area contributed by atoms with Crippen LogP contribution in [-0.4, -0.2) is 34.9 Å². The number of amides is 1. The first-order valence-corrected chi connectivity index (χ1v) is 22.2. The van der Waals surface area contributed by atoms with Gasteiger partial charge in [-0.3, -0.25) is 4.79 Å². The van der Waals surface area contributed by atoms with E-state index in [1.54, 1.807) is 6.08 Å². The van der Waals surface area contributed by atoms with Gasteiger partial charge in [-0.2, -0.15) is 0 Å². The van der Waals surface area contributed by atoms with Gasteiger partial charge in [0.15, 0.2) is 0 Å². The van der Waals surface area contributed by atoms with Crippen LogP contribution in [0.3, 0.4) is 0 Å². The van der Waals surface area contributed by atoms with Crippen molar-refractivity contribution in [2.24, 2.45) is 0 Å². The fourth-order valence-corrected chi connectivity index (χ4v) is 6.68. The van der Waals surface area contributed by atoms with Crippen LogP contribution in [0.5, 0.6) is 0 Å². The monoisotopic (exact) mass is 702 g/mol. The van der Waals surface area contributed by atoms with Crippen molar-refractivity contribution in [2.45, 2.75) is 244 Å². The minimum atomic E-state index is -0.836. The predicted molar refractivity (Wildman–Crippen MR) is 221 cm³/mol. The van der Waals surface area contributed by atoms with Crippen molar-refractivity contribution in [3.05, 3.63) is 36.5 Å². The van der Waals surface area contributed by atoms with E-state index in [0.717, 1.165) is 32.1 Å². The summed E-state index contributed by atoms with van der Waals surface area (Å²) in [6.45, 7) is 4.28. The quantitative estimate of drug-likeness (QED) is 0.0440. The van der Waals surface area contributed by atoms with Crippen molar-refractivity contribution in [3.8, 4) is 0 Å². The van der Waals surface area contributed by atoms with Crippen LogP contribution in [0.15, 0.2) is 36.5 Å². The van der Waals surface area contributed by atoms with Gasteiger partial charge in [0.1, 0.15) is 0 Å². The van der Waals surface area contributed by atoms with Crippen LogP contribution in [-0.2, 0) is 4.79 Å². The van der Waals surface area contributed by atoms with Crippen molar-refractivity contribution < 1.29 is 15.0 Å². The highest BCUT2D eigenvalue weighted by molar-refractivity contribution is 5.76. The third-order valence-electron chi connectivity index (χ3n) is 10.1. The Hall–Kier alpha value is -1.39. The van der Waals surface area contributed by atoms with Crippen molar-refractivity contribution in [3.63, 3.8) is 0 Å². The van der Waals surface area contributed by atoms with Crippen LogP contribution in [0.25, 0.3) is 0 Å². The SMILES string of the molecule is CCCCCCCCC/C=C/C(O)C(CO)NC(=O)CCCCCCCCCCCCCCC/C=C\C/C=C\CCCCCCCCCCC. The second-order valence-electron chi connectivity index (χ2n) is 15.1. The number of aliphatic hydroxyl groups is 2. The lowest BCUT2D eigenvalue weighted by molar-refractivity contribution is -0.123. The molecule has 294 valence electrons. The summed E-state index contributed by atoms with van der Waals surface area (Å²) in [7, 11) is 0. The van der Waals surface area contributed by atoms with Crippen molar-refractivity contribution in [2.75, 3.05) is 6.61 Å². The van der Waals surface area contributed by atoms with Gasteiger partial charge in [0.05, 0.1) is 18.8 Å². The molecule has 0 aliphatic heterocycles. The summed E-state index contributed by atoms with van der Waals surface area (Å²) in [4.78, 5) is 12.3. The van der Waals surface area contributed by atoms with Crippen LogP contribution in [0.4, 0.5) is 0 Å². The number of carbonyl (C=O) groups excluding carboxylic acids is 1. The summed E-state index contributed by atoms with van der Waals surface area (Å²) in [5.41, 5.74) is 0. The average molecular weight is 702 g/mol. The smallest absolute Gasteiger partial charge is 0.220 e. The van der Waals surface area contributed by atoms with Crippen molar-refractivity contribution in [1.29, 1.82) is 0 Å². The van der Waals surface area contributed by atoms with E-state index in [9.17, 15) is 15.0 Å². The molecule has 0 spiro atoms. The molecule has 0 aromatic heterocycles. The molecule has 0 radical (unpaired) electrons. The minimum Gasteiger partial charge on any atom is -0.394 e. The molecule has 0 heterocycles. The van der Waals surface area contributed by atoms with Crippen LogP contribution < -0.4 is 5.32 Å². The summed E-state index contributed by atoms with van der Waals surface area (Å²) < 4.78 is 0. The van der Waals surface area contributed by atoms with Crippen molar-refractivity contribution >= 4 is 5.91 Å². The maximum Gasteiger partial charge on any atom is 0.220 e. The summed E-state index contributed by atoms with van der Waals surface area (Å²) in [6.07, 6.45) is 55.6. The molecule has 50 heavy (non-hydrogen) atoms. The Kier molecular flexibility index (Phi) is 40.9. The van der Waals surface area contributed by atoms with Crippen LogP contribution in [0, 0.1) is 0 Å². The first kappa shape index (κ1) is 48.6. The number of rotatable bonds is 40. The van der Waals surface area contributed by atoms with E-state index in [2.05, 4.69) is 43.5 Å². The van der Waals surface area contributed by atoms with E-state index in [4.69, 9.17) is 0 Å². The maximum atomic E-state index is 12.3. The molecular formula is C46H87NO3. The van der Waals surface area contributed by atoms with Crippen LogP contribution >= 0.6 is 0 Å². The number of hydrogen-bond donors (Lipinski definition) is 3. The lowest BCUT2D eigenvalue weighted by Crippen LogP contribution is -2.45. The molecule has 3 N–H and O–H groups in total. The zero-order valence-corrected chi connectivity index (χ0v) is 33.7. The fraction of sp³-hybridized carbons (Fsp3) is 0.848. The first-order valence-electron chi connectivity index (χ1n) is 22.2. The van der Waals surface area contributed by atoms with Gasteiger partial charge in [-0.05, 0) is 51.4 Å². The molecule has 0 saturated heterocycles. The summed E-state index contributed by atoms with van der Waals surface area (Å²) in [5, 5.41) is 22.9. The van der Waals surface area contributed by atoms with Gasteiger partial charge in [-0.15, -0.1) is 0 Å². The molecule has 2 unspecified atom stereocenters. The number of carbonyl (C=O) groups is 1. The topological polar surface area (TPSA) is 69.6 Å². The lowest BCUT2D eigenvalue weighted by Gasteiger charge is -2.20. The first-order chi connectivity index (χ1) is 24.7. The molecule has 0 fully saturated rings. The molecule has 0 bridgehead atoms. The van der Waals surface area contributed by atoms with Gasteiger partial charge in [0.2, 0.25) is 5.91 Å². The average Bonchev–Trinajstić information content (AvgIpc) is 3.12. The fourth-order valence-electron chi connectivity index (χ4n) is 6.68. The number of nitrogens with one attached hydrogen (secondary N) is 1. The highest BCUT2D eigenvalue weighted by atomic mass is 16.3. The molecule has 4 heteroatoms. The highest BCUT2D eigenvalue weighted by Gasteiger charge is 2.17. The molecule has 0 aromatic rings. The second-order valence-corrected chi connectivity index (χ2v) is 15.1. The summed E-state index contributed by atoms with van der Waals surface area (Å²) in [6, 6.07) is -0.619. The molecular weight excluding hydrogens is 615 g/mol. The highest BCUT2D eigenvalue weighted by Crippen LogP contribution is 2.15. The Morgan fingerprint density at radius 1 is 0.480 bits per heavy atom. The Morgan fingerprint density at radius 2 is 0.820 bits per heavy atom. The van der Waals surface area contributed by atoms with Crippen LogP contribution in [0.2, 0.25) is 0 Å². The van der Waals surface area contributed by atoms with E-state index in [1.165, 1.54) is 180 Å². The molecule has 0 aliphatic rings. The third kappa shape index (κ3) is 37.9. The maximum absolute atomic E-state index is 12.3. The van der Waals surface area contributed by atoms with Crippen molar-refractivity contribution in [1.82, 2.24) is 5.32 Å². The number of unbranched alkanes of at least 4 members (excludes halogenated alkanes) is 29. The Labute approximate surface area is 312 Å². The van der Waals surface area contributed by atoms with Gasteiger partial charge in [-0.25, -0.2) is 0 Å². The molecule has 0 saturated carbocycles. The van der Waals surface area contributed by atoms with Gasteiger partial charge in [-0.1, -0.05) is 211 Å². The Balaban J connectivity index is 3.47. The van der Waals surface area contributed by atoms with E-state index in [-0.39, 0.29) is 12.5 Å². The Morgan fingerprint density at radius 3 is 1.20 bits per heavy atom. The van der Waals surface area contributed by atoms with E-state index >= 15 is 0 Å². The summed E-state index contributed by atoms with van der Waals surface area (Å²) in [5.74, 6) is -0.0671. The zero-order valence-electron chi connectivity index (χ0n) is 33.7. The number of hydrogen-bond acceptors (Lipinski definition) is 3. The second kappa shape index (κ2) is 42.0. The molecule has 4 nitrogen and oxygen atoms in total. The van der Waals surface area contributed by atoms with E-state index < -0.39 is 12.1 Å². The molecule has 1 amide bonds. The third-order valence-corrected chi connectivity index (χ3v) is 10.1. The number of allylic oxidation sites excluding steroid dienone is 5. The Bertz CT molecular complexity index is 760. The van der Waals surface area contributed by atoms with E-state index in [0.29, 0.717) is 6.42 Å². The predicted octanol–water partition coefficient (Wildman–Crippen LogP) is 13.8. The van der Waals surface area contributed by atoms with E-state index in [1.807, 2.05) is 6.08 Å². The van der Waals surface area contributed by atoms with Gasteiger partial charge >= 0.3 is 0 Å². The molecule has 0 aromatic carbocycles. The molecule has 2 atom stereocenters. The van der Waals surface area contributed by atoms with Crippen LogP contribution in [0.1, 0.15) is 232 Å². The standard InChI is InChI=1S/C46H87NO3/c1-3-5-7-9-11-13-14-15-16-17-18-19-20-21-22-23-24-25-26-27-28-29-30-31-32-34-36-38-40-42-46(50)47-44(43-48)45(49)41-39-37-35-33-12-10-8-6-4-2/h18-19,21-22,39,41,44-45,48-49H,3-17,20,23-38,40,42-43H2,1-2H3,(H,47,50)/b19-18-,22-21-,41-39+. The van der Waals surface area contributed by atoms with Gasteiger partial charge < -0.3 is 15.5 Å². The largest absolute Gasteiger partial charge is 0.394 e. The molecule has 0 rings (SSSR count). The zero-order chi connectivity index (χ0) is 36.4. The lowest BCUT2D eigenvalue weighted by atomic mass is 10.0. The number of aliphatic hydroxyl groups excluding tert-OH is 2. The van der Waals surface area contributed by atoms with Gasteiger partial charge in [0, 0.05) is 6.42 Å². The summed E-state index contributed by atoms with van der Waals surface area (Å²) >= 11 is 0. The molecule has 0 aliphatic carbocycles. The minimum absolute atomic E-state index is 0.0671. The van der Waals surface area contributed by atoms with Gasteiger partial charge in [0.25, 0.3) is 0 Å². The normalized spacial score (nSPS) is 13.3.